The fourth-order valence-corrected chi connectivity index (χ4v) is 2.77. The summed E-state index contributed by atoms with van der Waals surface area (Å²) in [6.07, 6.45) is 1.83. The van der Waals surface area contributed by atoms with E-state index in [9.17, 15) is 0 Å². The van der Waals surface area contributed by atoms with E-state index in [0.717, 1.165) is 36.2 Å². The quantitative estimate of drug-likeness (QED) is 0.880. The average Bonchev–Trinajstić information content (AvgIpc) is 2.79. The summed E-state index contributed by atoms with van der Waals surface area (Å²) in [5.74, 6) is 0. The molecule has 0 aromatic carbocycles. The van der Waals surface area contributed by atoms with Crippen LogP contribution in [0.5, 0.6) is 0 Å². The molecule has 0 aliphatic rings. The van der Waals surface area contributed by atoms with Gasteiger partial charge in [0.2, 0.25) is 0 Å². The Morgan fingerprint density at radius 2 is 2.21 bits per heavy atom. The lowest BCUT2D eigenvalue weighted by Gasteiger charge is -2.14. The first-order chi connectivity index (χ1) is 9.20. The SMILES string of the molecule is CCNCc1sc(N(C)Cc2ccccn2)nc1C. The van der Waals surface area contributed by atoms with Gasteiger partial charge >= 0.3 is 0 Å². The van der Waals surface area contributed by atoms with Gasteiger partial charge in [-0.3, -0.25) is 4.98 Å². The third-order valence-electron chi connectivity index (χ3n) is 2.87. The molecule has 0 unspecified atom stereocenters. The number of hydrogen-bond acceptors (Lipinski definition) is 5. The Bertz CT molecular complexity index is 509. The summed E-state index contributed by atoms with van der Waals surface area (Å²) in [5, 5.41) is 4.40. The van der Waals surface area contributed by atoms with Gasteiger partial charge in [-0.25, -0.2) is 4.98 Å². The predicted molar refractivity (Wildman–Crippen MR) is 80.6 cm³/mol. The maximum absolute atomic E-state index is 4.64. The number of aromatic nitrogens is 2. The number of thiazole rings is 1. The van der Waals surface area contributed by atoms with Crippen molar-refractivity contribution in [3.05, 3.63) is 40.7 Å². The average molecular weight is 276 g/mol. The van der Waals surface area contributed by atoms with E-state index in [0.29, 0.717) is 0 Å². The molecule has 1 N–H and O–H groups in total. The van der Waals surface area contributed by atoms with Crippen molar-refractivity contribution in [1.82, 2.24) is 15.3 Å². The smallest absolute Gasteiger partial charge is 0.185 e. The molecular weight excluding hydrogens is 256 g/mol. The molecule has 19 heavy (non-hydrogen) atoms. The van der Waals surface area contributed by atoms with Crippen LogP contribution in [0, 0.1) is 6.92 Å². The zero-order valence-electron chi connectivity index (χ0n) is 11.7. The van der Waals surface area contributed by atoms with Gasteiger partial charge in [0, 0.05) is 24.7 Å². The number of anilines is 1. The van der Waals surface area contributed by atoms with Crippen molar-refractivity contribution in [2.75, 3.05) is 18.5 Å². The molecule has 2 rings (SSSR count). The normalized spacial score (nSPS) is 10.7. The largest absolute Gasteiger partial charge is 0.345 e. The van der Waals surface area contributed by atoms with Crippen molar-refractivity contribution in [3.8, 4) is 0 Å². The van der Waals surface area contributed by atoms with Crippen molar-refractivity contribution in [1.29, 1.82) is 0 Å². The third kappa shape index (κ3) is 3.75. The van der Waals surface area contributed by atoms with Crippen molar-refractivity contribution >= 4 is 16.5 Å². The second-order valence-electron chi connectivity index (χ2n) is 4.46. The van der Waals surface area contributed by atoms with E-state index >= 15 is 0 Å². The van der Waals surface area contributed by atoms with E-state index in [-0.39, 0.29) is 0 Å². The minimum atomic E-state index is 0.786. The first-order valence-corrected chi connectivity index (χ1v) is 7.30. The standard InChI is InChI=1S/C14H20N4S/c1-4-15-9-13-11(2)17-14(19-13)18(3)10-12-7-5-6-8-16-12/h5-8,15H,4,9-10H2,1-3H3. The number of aryl methyl sites for hydroxylation is 1. The van der Waals surface area contributed by atoms with Crippen LogP contribution in [0.15, 0.2) is 24.4 Å². The highest BCUT2D eigenvalue weighted by molar-refractivity contribution is 7.15. The summed E-state index contributed by atoms with van der Waals surface area (Å²) < 4.78 is 0. The molecule has 4 nitrogen and oxygen atoms in total. The van der Waals surface area contributed by atoms with Gasteiger partial charge in [-0.05, 0) is 25.6 Å². The van der Waals surface area contributed by atoms with Crippen LogP contribution in [-0.4, -0.2) is 23.6 Å². The fourth-order valence-electron chi connectivity index (χ4n) is 1.78. The molecule has 0 aliphatic carbocycles. The van der Waals surface area contributed by atoms with Crippen LogP contribution < -0.4 is 10.2 Å². The predicted octanol–water partition coefficient (Wildman–Crippen LogP) is 2.59. The van der Waals surface area contributed by atoms with Gasteiger partial charge in [0.15, 0.2) is 5.13 Å². The first kappa shape index (κ1) is 14.0. The van der Waals surface area contributed by atoms with E-state index in [4.69, 9.17) is 0 Å². The van der Waals surface area contributed by atoms with Gasteiger partial charge in [0.1, 0.15) is 0 Å². The van der Waals surface area contributed by atoms with Gasteiger partial charge in [-0.15, -0.1) is 11.3 Å². The van der Waals surface area contributed by atoms with E-state index in [1.807, 2.05) is 24.4 Å². The van der Waals surface area contributed by atoms with Crippen LogP contribution >= 0.6 is 11.3 Å². The molecule has 2 aromatic heterocycles. The highest BCUT2D eigenvalue weighted by Gasteiger charge is 2.11. The number of rotatable bonds is 6. The Morgan fingerprint density at radius 1 is 1.37 bits per heavy atom. The second kappa shape index (κ2) is 6.63. The highest BCUT2D eigenvalue weighted by atomic mass is 32.1. The Balaban J connectivity index is 2.05. The van der Waals surface area contributed by atoms with Gasteiger partial charge in [-0.1, -0.05) is 13.0 Å². The number of hydrogen-bond donors (Lipinski definition) is 1. The Hall–Kier alpha value is -1.46. The van der Waals surface area contributed by atoms with Gasteiger partial charge in [0.05, 0.1) is 17.9 Å². The molecule has 0 saturated heterocycles. The molecule has 2 aromatic rings. The lowest BCUT2D eigenvalue weighted by Crippen LogP contribution is -2.16. The molecule has 2 heterocycles. The van der Waals surface area contributed by atoms with Gasteiger partial charge in [-0.2, -0.15) is 0 Å². The van der Waals surface area contributed by atoms with Crippen LogP contribution in [0.3, 0.4) is 0 Å². The summed E-state index contributed by atoms with van der Waals surface area (Å²) >= 11 is 1.75. The van der Waals surface area contributed by atoms with Crippen molar-refractivity contribution < 1.29 is 0 Å². The summed E-state index contributed by atoms with van der Waals surface area (Å²) in [6.45, 7) is 6.86. The molecule has 0 amide bonds. The summed E-state index contributed by atoms with van der Waals surface area (Å²) in [6, 6.07) is 5.99. The summed E-state index contributed by atoms with van der Waals surface area (Å²) in [4.78, 5) is 12.4. The maximum Gasteiger partial charge on any atom is 0.185 e. The van der Waals surface area contributed by atoms with Crippen molar-refractivity contribution in [2.24, 2.45) is 0 Å². The molecular formula is C14H20N4S. The van der Waals surface area contributed by atoms with Crippen LogP contribution in [0.4, 0.5) is 5.13 Å². The lowest BCUT2D eigenvalue weighted by atomic mass is 10.3. The van der Waals surface area contributed by atoms with Gasteiger partial charge < -0.3 is 10.2 Å². The number of nitrogens with zero attached hydrogens (tertiary/aromatic N) is 3. The summed E-state index contributed by atoms with van der Waals surface area (Å²) in [5.41, 5.74) is 2.18. The molecule has 0 fully saturated rings. The molecule has 0 radical (unpaired) electrons. The van der Waals surface area contributed by atoms with Crippen LogP contribution in [0.25, 0.3) is 0 Å². The molecule has 5 heteroatoms. The molecule has 102 valence electrons. The van der Waals surface area contributed by atoms with Crippen molar-refractivity contribution in [2.45, 2.75) is 26.9 Å². The van der Waals surface area contributed by atoms with E-state index in [2.05, 4.69) is 41.1 Å². The first-order valence-electron chi connectivity index (χ1n) is 6.48. The summed E-state index contributed by atoms with van der Waals surface area (Å²) in [7, 11) is 2.06. The number of nitrogens with one attached hydrogen (secondary N) is 1. The Kier molecular flexibility index (Phi) is 4.87. The highest BCUT2D eigenvalue weighted by Crippen LogP contribution is 2.25. The zero-order valence-corrected chi connectivity index (χ0v) is 12.5. The van der Waals surface area contributed by atoms with Crippen LogP contribution in [0.2, 0.25) is 0 Å². The molecule has 0 aliphatic heterocycles. The van der Waals surface area contributed by atoms with E-state index in [1.165, 1.54) is 4.88 Å². The second-order valence-corrected chi connectivity index (χ2v) is 5.52. The zero-order chi connectivity index (χ0) is 13.7. The topological polar surface area (TPSA) is 41.0 Å². The van der Waals surface area contributed by atoms with Crippen molar-refractivity contribution in [3.63, 3.8) is 0 Å². The van der Waals surface area contributed by atoms with Gasteiger partial charge in [0.25, 0.3) is 0 Å². The van der Waals surface area contributed by atoms with Crippen LogP contribution in [-0.2, 0) is 13.1 Å². The lowest BCUT2D eigenvalue weighted by molar-refractivity contribution is 0.731. The third-order valence-corrected chi connectivity index (χ3v) is 4.14. The maximum atomic E-state index is 4.64. The molecule has 0 bridgehead atoms. The Morgan fingerprint density at radius 3 is 2.89 bits per heavy atom. The Labute approximate surface area is 118 Å². The van der Waals surface area contributed by atoms with E-state index in [1.54, 1.807) is 11.3 Å². The molecule has 0 atom stereocenters. The van der Waals surface area contributed by atoms with E-state index < -0.39 is 0 Å². The molecule has 0 spiro atoms. The molecule has 0 saturated carbocycles. The number of pyridine rings is 1. The minimum absolute atomic E-state index is 0.786. The fraction of sp³-hybridized carbons (Fsp3) is 0.429. The monoisotopic (exact) mass is 276 g/mol. The minimum Gasteiger partial charge on any atom is -0.345 e. The van der Waals surface area contributed by atoms with Crippen LogP contribution in [0.1, 0.15) is 23.2 Å².